The lowest BCUT2D eigenvalue weighted by Gasteiger charge is -2.07. The number of likely N-dealkylation sites (N-methyl/N-ethyl adjacent to an activating group) is 1. The van der Waals surface area contributed by atoms with Crippen molar-refractivity contribution in [1.29, 1.82) is 0 Å². The van der Waals surface area contributed by atoms with Gasteiger partial charge in [-0.15, -0.1) is 0 Å². The van der Waals surface area contributed by atoms with Crippen LogP contribution < -0.4 is 11.1 Å². The second kappa shape index (κ2) is 7.92. The summed E-state index contributed by atoms with van der Waals surface area (Å²) >= 11 is 0. The van der Waals surface area contributed by atoms with E-state index in [9.17, 15) is 0 Å². The first-order valence-corrected chi connectivity index (χ1v) is 3.21. The van der Waals surface area contributed by atoms with Gasteiger partial charge in [0, 0.05) is 12.6 Å². The predicted octanol–water partition coefficient (Wildman–Crippen LogP) is 0.969. The van der Waals surface area contributed by atoms with Crippen molar-refractivity contribution >= 4 is 0 Å². The number of rotatable bonds is 4. The van der Waals surface area contributed by atoms with Crippen LogP contribution in [0, 0.1) is 0 Å². The summed E-state index contributed by atoms with van der Waals surface area (Å²) in [6.45, 7) is 3.09. The standard InChI is InChI=1S/C6H16N2.CH4/c1-3-4-6(7)5-8-2;/h6,8H,3-5,7H2,1-2H3;1H4. The summed E-state index contributed by atoms with van der Waals surface area (Å²) in [5.41, 5.74) is 5.63. The molecule has 0 amide bonds. The minimum atomic E-state index is 0. The lowest BCUT2D eigenvalue weighted by Crippen LogP contribution is -2.31. The zero-order valence-corrected chi connectivity index (χ0v) is 5.78. The molecule has 58 valence electrons. The molecule has 0 aliphatic rings. The molecule has 0 aliphatic heterocycles. The van der Waals surface area contributed by atoms with Gasteiger partial charge in [-0.1, -0.05) is 20.8 Å². The molecule has 9 heavy (non-hydrogen) atoms. The lowest BCUT2D eigenvalue weighted by atomic mass is 10.2. The normalized spacial score (nSPS) is 12.3. The highest BCUT2D eigenvalue weighted by Gasteiger charge is 1.95. The Kier molecular flexibility index (Phi) is 10.3. The maximum Gasteiger partial charge on any atom is 0.0165 e. The molecular weight excluding hydrogens is 112 g/mol. The van der Waals surface area contributed by atoms with E-state index in [1.54, 1.807) is 0 Å². The minimum Gasteiger partial charge on any atom is -0.327 e. The molecule has 2 nitrogen and oxygen atoms in total. The number of nitrogens with one attached hydrogen (secondary N) is 1. The molecule has 0 aliphatic carbocycles. The van der Waals surface area contributed by atoms with Crippen molar-refractivity contribution in [3.05, 3.63) is 0 Å². The second-order valence-corrected chi connectivity index (χ2v) is 2.11. The first kappa shape index (κ1) is 11.7. The average molecular weight is 132 g/mol. The van der Waals surface area contributed by atoms with E-state index < -0.39 is 0 Å². The Morgan fingerprint density at radius 2 is 2.11 bits per heavy atom. The Labute approximate surface area is 58.8 Å². The van der Waals surface area contributed by atoms with Crippen LogP contribution in [0.4, 0.5) is 0 Å². The third-order valence-corrected chi connectivity index (χ3v) is 1.13. The number of hydrogen-bond acceptors (Lipinski definition) is 2. The molecule has 0 radical (unpaired) electrons. The van der Waals surface area contributed by atoms with Gasteiger partial charge in [0.15, 0.2) is 0 Å². The molecule has 1 atom stereocenters. The van der Waals surface area contributed by atoms with Gasteiger partial charge in [0.2, 0.25) is 0 Å². The van der Waals surface area contributed by atoms with Crippen molar-refractivity contribution in [2.45, 2.75) is 33.2 Å². The van der Waals surface area contributed by atoms with Crippen molar-refractivity contribution in [1.82, 2.24) is 5.32 Å². The van der Waals surface area contributed by atoms with Gasteiger partial charge in [0.1, 0.15) is 0 Å². The van der Waals surface area contributed by atoms with Gasteiger partial charge in [-0.3, -0.25) is 0 Å². The molecule has 2 heteroatoms. The van der Waals surface area contributed by atoms with Gasteiger partial charge in [-0.2, -0.15) is 0 Å². The molecule has 0 fully saturated rings. The van der Waals surface area contributed by atoms with E-state index in [2.05, 4.69) is 12.2 Å². The zero-order valence-electron chi connectivity index (χ0n) is 5.78. The van der Waals surface area contributed by atoms with E-state index >= 15 is 0 Å². The van der Waals surface area contributed by atoms with Gasteiger partial charge in [0.05, 0.1) is 0 Å². The van der Waals surface area contributed by atoms with Crippen LogP contribution >= 0.6 is 0 Å². The average Bonchev–Trinajstić information content (AvgIpc) is 1.68. The van der Waals surface area contributed by atoms with Crippen LogP contribution in [0.3, 0.4) is 0 Å². The predicted molar refractivity (Wildman–Crippen MR) is 43.5 cm³/mol. The van der Waals surface area contributed by atoms with Crippen molar-refractivity contribution in [2.24, 2.45) is 5.73 Å². The fourth-order valence-corrected chi connectivity index (χ4v) is 0.735. The van der Waals surface area contributed by atoms with E-state index in [-0.39, 0.29) is 7.43 Å². The third kappa shape index (κ3) is 7.92. The lowest BCUT2D eigenvalue weighted by molar-refractivity contribution is 0.569. The summed E-state index contributed by atoms with van der Waals surface area (Å²) in [4.78, 5) is 0. The molecule has 0 aromatic carbocycles. The molecule has 0 aromatic heterocycles. The molecule has 0 bridgehead atoms. The minimum absolute atomic E-state index is 0. The highest BCUT2D eigenvalue weighted by Crippen LogP contribution is 1.89. The monoisotopic (exact) mass is 132 g/mol. The maximum absolute atomic E-state index is 5.63. The van der Waals surface area contributed by atoms with Crippen LogP contribution in [0.25, 0.3) is 0 Å². The first-order chi connectivity index (χ1) is 3.81. The Hall–Kier alpha value is -0.0800. The second-order valence-electron chi connectivity index (χ2n) is 2.11. The third-order valence-electron chi connectivity index (χ3n) is 1.13. The molecule has 0 spiro atoms. The van der Waals surface area contributed by atoms with Gasteiger partial charge in [-0.25, -0.2) is 0 Å². The Morgan fingerprint density at radius 3 is 2.44 bits per heavy atom. The van der Waals surface area contributed by atoms with Gasteiger partial charge in [0.25, 0.3) is 0 Å². The van der Waals surface area contributed by atoms with Crippen molar-refractivity contribution in [3.63, 3.8) is 0 Å². The van der Waals surface area contributed by atoms with Crippen molar-refractivity contribution in [3.8, 4) is 0 Å². The topological polar surface area (TPSA) is 38.0 Å². The van der Waals surface area contributed by atoms with Crippen LogP contribution in [0.5, 0.6) is 0 Å². The molecule has 0 rings (SSSR count). The number of nitrogens with two attached hydrogens (primary N) is 1. The van der Waals surface area contributed by atoms with Gasteiger partial charge >= 0.3 is 0 Å². The molecule has 0 aromatic rings. The summed E-state index contributed by atoms with van der Waals surface area (Å²) in [5.74, 6) is 0. The SMILES string of the molecule is C.CCCC(N)CNC. The number of hydrogen-bond donors (Lipinski definition) is 2. The van der Waals surface area contributed by atoms with Gasteiger partial charge < -0.3 is 11.1 Å². The van der Waals surface area contributed by atoms with E-state index in [1.807, 2.05) is 7.05 Å². The smallest absolute Gasteiger partial charge is 0.0165 e. The van der Waals surface area contributed by atoms with Crippen LogP contribution in [0.1, 0.15) is 27.2 Å². The van der Waals surface area contributed by atoms with Crippen LogP contribution in [0.15, 0.2) is 0 Å². The van der Waals surface area contributed by atoms with E-state index in [4.69, 9.17) is 5.73 Å². The molecule has 0 saturated heterocycles. The van der Waals surface area contributed by atoms with E-state index in [0.717, 1.165) is 13.0 Å². The molecule has 3 N–H and O–H groups in total. The molecule has 0 heterocycles. The fraction of sp³-hybridized carbons (Fsp3) is 1.00. The van der Waals surface area contributed by atoms with Crippen LogP contribution in [-0.2, 0) is 0 Å². The summed E-state index contributed by atoms with van der Waals surface area (Å²) in [5, 5.41) is 3.03. The summed E-state index contributed by atoms with van der Waals surface area (Å²) in [6.07, 6.45) is 2.31. The summed E-state index contributed by atoms with van der Waals surface area (Å²) in [7, 11) is 1.93. The van der Waals surface area contributed by atoms with Gasteiger partial charge in [-0.05, 0) is 13.5 Å². The molecular formula is C7H20N2. The molecule has 0 saturated carbocycles. The Balaban J connectivity index is 0. The maximum atomic E-state index is 5.63. The Morgan fingerprint density at radius 1 is 1.56 bits per heavy atom. The molecule has 1 unspecified atom stereocenters. The highest BCUT2D eigenvalue weighted by molar-refractivity contribution is 4.60. The highest BCUT2D eigenvalue weighted by atomic mass is 14.9. The zero-order chi connectivity index (χ0) is 6.41. The summed E-state index contributed by atoms with van der Waals surface area (Å²) < 4.78 is 0. The fourth-order valence-electron chi connectivity index (χ4n) is 0.735. The van der Waals surface area contributed by atoms with E-state index in [0.29, 0.717) is 6.04 Å². The van der Waals surface area contributed by atoms with Crippen LogP contribution in [-0.4, -0.2) is 19.6 Å². The van der Waals surface area contributed by atoms with Crippen molar-refractivity contribution < 1.29 is 0 Å². The largest absolute Gasteiger partial charge is 0.327 e. The summed E-state index contributed by atoms with van der Waals surface area (Å²) in [6, 6.07) is 0.352. The Bertz CT molecular complexity index is 40.2. The van der Waals surface area contributed by atoms with E-state index in [1.165, 1.54) is 6.42 Å². The van der Waals surface area contributed by atoms with Crippen LogP contribution in [0.2, 0.25) is 0 Å². The quantitative estimate of drug-likeness (QED) is 0.598. The first-order valence-electron chi connectivity index (χ1n) is 3.21. The van der Waals surface area contributed by atoms with Crippen molar-refractivity contribution in [2.75, 3.05) is 13.6 Å².